The number of thioether (sulfide) groups is 1. The maximum atomic E-state index is 12.5. The van der Waals surface area contributed by atoms with Crippen LogP contribution in [0.15, 0.2) is 72.4 Å². The zero-order valence-corrected chi connectivity index (χ0v) is 18.8. The van der Waals surface area contributed by atoms with Crippen LogP contribution in [0.4, 0.5) is 0 Å². The lowest BCUT2D eigenvalue weighted by molar-refractivity contribution is -0.118. The van der Waals surface area contributed by atoms with Gasteiger partial charge in [0.25, 0.3) is 0 Å². The number of nitrogens with zero attached hydrogens (tertiary/aromatic N) is 3. The summed E-state index contributed by atoms with van der Waals surface area (Å²) in [6.45, 7) is 7.15. The molecule has 6 nitrogen and oxygen atoms in total. The third-order valence-electron chi connectivity index (χ3n) is 5.02. The Kier molecular flexibility index (Phi) is 8.29. The summed E-state index contributed by atoms with van der Waals surface area (Å²) in [4.78, 5) is 12.5. The number of methoxy groups -OCH3 is 1. The Hall–Kier alpha value is -3.06. The number of hydrogen-bond donors (Lipinski definition) is 1. The first-order valence-electron chi connectivity index (χ1n) is 10.3. The van der Waals surface area contributed by atoms with Crippen LogP contribution in [0.3, 0.4) is 0 Å². The fraction of sp³-hybridized carbons (Fsp3) is 0.292. The zero-order chi connectivity index (χ0) is 22.1. The minimum atomic E-state index is -0.0152. The average Bonchev–Trinajstić information content (AvgIpc) is 3.21. The largest absolute Gasteiger partial charge is 0.497 e. The summed E-state index contributed by atoms with van der Waals surface area (Å²) in [5, 5.41) is 12.4. The van der Waals surface area contributed by atoms with Gasteiger partial charge in [-0.3, -0.25) is 9.36 Å². The van der Waals surface area contributed by atoms with Crippen LogP contribution in [0.2, 0.25) is 0 Å². The number of nitrogens with one attached hydrogen (secondary N) is 1. The fourth-order valence-electron chi connectivity index (χ4n) is 3.28. The van der Waals surface area contributed by atoms with Gasteiger partial charge in [0.1, 0.15) is 5.75 Å². The van der Waals surface area contributed by atoms with E-state index in [1.54, 1.807) is 13.2 Å². The Morgan fingerprint density at radius 2 is 1.94 bits per heavy atom. The third-order valence-corrected chi connectivity index (χ3v) is 5.99. The molecular formula is C24H28N4O2S. The van der Waals surface area contributed by atoms with Gasteiger partial charge in [0.05, 0.1) is 12.9 Å². The summed E-state index contributed by atoms with van der Waals surface area (Å²) in [5.74, 6) is 2.09. The molecule has 0 spiro atoms. The Bertz CT molecular complexity index is 987. The lowest BCUT2D eigenvalue weighted by Crippen LogP contribution is -2.29. The summed E-state index contributed by atoms with van der Waals surface area (Å²) in [7, 11) is 1.64. The molecule has 3 aromatic rings. The van der Waals surface area contributed by atoms with E-state index in [1.165, 1.54) is 17.3 Å². The van der Waals surface area contributed by atoms with Gasteiger partial charge in [-0.15, -0.1) is 16.8 Å². The first-order chi connectivity index (χ1) is 15.2. The van der Waals surface area contributed by atoms with Gasteiger partial charge < -0.3 is 10.1 Å². The van der Waals surface area contributed by atoms with Crippen LogP contribution in [0.25, 0.3) is 11.4 Å². The molecule has 1 aromatic heterocycles. The van der Waals surface area contributed by atoms with Crippen LogP contribution in [-0.4, -0.2) is 40.1 Å². The quantitative estimate of drug-likeness (QED) is 0.353. The molecule has 0 saturated heterocycles. The van der Waals surface area contributed by atoms with Gasteiger partial charge in [-0.05, 0) is 36.2 Å². The van der Waals surface area contributed by atoms with Gasteiger partial charge in [0.2, 0.25) is 5.91 Å². The highest BCUT2D eigenvalue weighted by molar-refractivity contribution is 7.99. The van der Waals surface area contributed by atoms with E-state index in [-0.39, 0.29) is 11.7 Å². The van der Waals surface area contributed by atoms with Crippen molar-refractivity contribution >= 4 is 17.7 Å². The van der Waals surface area contributed by atoms with Crippen molar-refractivity contribution in [2.45, 2.75) is 31.0 Å². The Morgan fingerprint density at radius 3 is 2.58 bits per heavy atom. The predicted octanol–water partition coefficient (Wildman–Crippen LogP) is 4.54. The van der Waals surface area contributed by atoms with Crippen LogP contribution in [-0.2, 0) is 11.3 Å². The molecule has 7 heteroatoms. The van der Waals surface area contributed by atoms with E-state index >= 15 is 0 Å². The highest BCUT2D eigenvalue weighted by Crippen LogP contribution is 2.26. The highest BCUT2D eigenvalue weighted by Gasteiger charge is 2.16. The first-order valence-corrected chi connectivity index (χ1v) is 11.3. The van der Waals surface area contributed by atoms with Crippen molar-refractivity contribution in [2.75, 3.05) is 19.4 Å². The number of carbonyl (C=O) groups is 1. The van der Waals surface area contributed by atoms with Gasteiger partial charge in [0, 0.05) is 24.6 Å². The number of amides is 1. The summed E-state index contributed by atoms with van der Waals surface area (Å²) < 4.78 is 7.19. The average molecular weight is 437 g/mol. The lowest BCUT2D eigenvalue weighted by atomic mass is 9.96. The van der Waals surface area contributed by atoms with Crippen molar-refractivity contribution in [3.8, 4) is 17.1 Å². The van der Waals surface area contributed by atoms with Gasteiger partial charge in [-0.25, -0.2) is 0 Å². The molecule has 1 amide bonds. The normalized spacial score (nSPS) is 11.7. The van der Waals surface area contributed by atoms with Crippen molar-refractivity contribution in [1.82, 2.24) is 20.1 Å². The van der Waals surface area contributed by atoms with E-state index < -0.39 is 0 Å². The van der Waals surface area contributed by atoms with Crippen LogP contribution >= 0.6 is 11.8 Å². The lowest BCUT2D eigenvalue weighted by Gasteiger charge is -2.16. The van der Waals surface area contributed by atoms with Crippen molar-refractivity contribution in [1.29, 1.82) is 0 Å². The van der Waals surface area contributed by atoms with Gasteiger partial charge in [-0.1, -0.05) is 55.1 Å². The van der Waals surface area contributed by atoms with Crippen molar-refractivity contribution in [2.24, 2.45) is 0 Å². The second kappa shape index (κ2) is 11.4. The molecule has 1 atom stereocenters. The van der Waals surface area contributed by atoms with E-state index in [4.69, 9.17) is 4.74 Å². The molecule has 0 fully saturated rings. The van der Waals surface area contributed by atoms with Gasteiger partial charge in [0.15, 0.2) is 11.0 Å². The van der Waals surface area contributed by atoms with E-state index in [2.05, 4.69) is 41.1 Å². The second-order valence-electron chi connectivity index (χ2n) is 7.04. The maximum absolute atomic E-state index is 12.5. The minimum absolute atomic E-state index is 0.0152. The number of allylic oxidation sites excluding steroid dienone is 1. The number of rotatable bonds is 11. The van der Waals surface area contributed by atoms with E-state index in [0.29, 0.717) is 24.2 Å². The predicted molar refractivity (Wildman–Crippen MR) is 125 cm³/mol. The van der Waals surface area contributed by atoms with Crippen molar-refractivity contribution < 1.29 is 9.53 Å². The molecule has 0 bridgehead atoms. The molecule has 3 rings (SSSR count). The summed E-state index contributed by atoms with van der Waals surface area (Å²) in [5.41, 5.74) is 2.17. The number of carbonyl (C=O) groups excluding carboxylic acids is 1. The van der Waals surface area contributed by atoms with Crippen LogP contribution in [0, 0.1) is 0 Å². The molecule has 0 aliphatic carbocycles. The maximum Gasteiger partial charge on any atom is 0.230 e. The number of aromatic nitrogens is 3. The summed E-state index contributed by atoms with van der Waals surface area (Å²) in [6, 6.07) is 17.9. The number of benzene rings is 2. The second-order valence-corrected chi connectivity index (χ2v) is 7.99. The van der Waals surface area contributed by atoms with Crippen LogP contribution in [0.5, 0.6) is 5.75 Å². The molecule has 1 heterocycles. The molecule has 2 aromatic carbocycles. The number of hydrogen-bond acceptors (Lipinski definition) is 5. The molecule has 0 unspecified atom stereocenters. The molecular weight excluding hydrogens is 408 g/mol. The third kappa shape index (κ3) is 5.98. The van der Waals surface area contributed by atoms with E-state index in [1.807, 2.05) is 47.0 Å². The Morgan fingerprint density at radius 1 is 1.19 bits per heavy atom. The Balaban J connectivity index is 1.62. The molecule has 162 valence electrons. The molecule has 0 saturated carbocycles. The number of ether oxygens (including phenoxy) is 1. The highest BCUT2D eigenvalue weighted by atomic mass is 32.2. The minimum Gasteiger partial charge on any atom is -0.497 e. The molecule has 31 heavy (non-hydrogen) atoms. The Labute approximate surface area is 187 Å². The summed E-state index contributed by atoms with van der Waals surface area (Å²) >= 11 is 1.38. The fourth-order valence-corrected chi connectivity index (χ4v) is 4.06. The van der Waals surface area contributed by atoms with Gasteiger partial charge >= 0.3 is 0 Å². The SMILES string of the molecule is C=CCn1c(SCC(=O)NC[C@H](CC)c2ccccc2)nnc1-c1ccc(OC)cc1. The van der Waals surface area contributed by atoms with Crippen molar-refractivity contribution in [3.05, 3.63) is 72.8 Å². The molecule has 0 aliphatic heterocycles. The summed E-state index contributed by atoms with van der Waals surface area (Å²) in [6.07, 6.45) is 2.77. The molecule has 0 aliphatic rings. The monoisotopic (exact) mass is 436 g/mol. The zero-order valence-electron chi connectivity index (χ0n) is 18.0. The van der Waals surface area contributed by atoms with E-state index in [9.17, 15) is 4.79 Å². The van der Waals surface area contributed by atoms with E-state index in [0.717, 1.165) is 23.6 Å². The first kappa shape index (κ1) is 22.6. The van der Waals surface area contributed by atoms with Gasteiger partial charge in [-0.2, -0.15) is 0 Å². The van der Waals surface area contributed by atoms with Crippen molar-refractivity contribution in [3.63, 3.8) is 0 Å². The smallest absolute Gasteiger partial charge is 0.230 e. The topological polar surface area (TPSA) is 69.0 Å². The van der Waals surface area contributed by atoms with Crippen LogP contribution < -0.4 is 10.1 Å². The van der Waals surface area contributed by atoms with Crippen LogP contribution in [0.1, 0.15) is 24.8 Å². The standard InChI is InChI=1S/C24H28N4O2S/c1-4-15-28-23(20-11-13-21(30-3)14-12-20)26-27-24(28)31-17-22(29)25-16-18(5-2)19-9-7-6-8-10-19/h4,6-14,18H,1,5,15-17H2,2-3H3,(H,25,29)/t18-/m0/s1. The molecule has 0 radical (unpaired) electrons. The molecule has 1 N–H and O–H groups in total.